The molecule has 0 aliphatic heterocycles. The van der Waals surface area contributed by atoms with Gasteiger partial charge in [0.25, 0.3) is 5.91 Å². The highest BCUT2D eigenvalue weighted by molar-refractivity contribution is 5.85. The molecule has 0 fully saturated rings. The molecule has 1 N–H and O–H groups in total. The summed E-state index contributed by atoms with van der Waals surface area (Å²) in [5, 5.41) is 4.04. The van der Waals surface area contributed by atoms with E-state index in [9.17, 15) is 4.79 Å². The van der Waals surface area contributed by atoms with Gasteiger partial charge in [0.2, 0.25) is 0 Å². The van der Waals surface area contributed by atoms with E-state index >= 15 is 0 Å². The average Bonchev–Trinajstić information content (AvgIpc) is 2.62. The molecule has 142 valence electrons. The number of hydrogen-bond donors (Lipinski definition) is 1. The second-order valence-corrected chi connectivity index (χ2v) is 6.37. The Hall–Kier alpha value is -3.08. The highest BCUT2D eigenvalue weighted by Crippen LogP contribution is 2.28. The summed E-state index contributed by atoms with van der Waals surface area (Å²) in [5.74, 6) is 0.747. The first-order valence-corrected chi connectivity index (χ1v) is 8.75. The predicted octanol–water partition coefficient (Wildman–Crippen LogP) is 3.88. The topological polar surface area (TPSA) is 59.9 Å². The van der Waals surface area contributed by atoms with Crippen LogP contribution in [0.5, 0.6) is 11.5 Å². The Balaban J connectivity index is 1.94. The van der Waals surface area contributed by atoms with Gasteiger partial charge in [-0.3, -0.25) is 4.79 Å². The van der Waals surface area contributed by atoms with Gasteiger partial charge in [0.15, 0.2) is 18.1 Å². The van der Waals surface area contributed by atoms with E-state index in [1.165, 1.54) is 5.56 Å². The maximum absolute atomic E-state index is 12.0. The van der Waals surface area contributed by atoms with Crippen molar-refractivity contribution in [3.63, 3.8) is 0 Å². The third-order valence-corrected chi connectivity index (χ3v) is 4.09. The fourth-order valence-electron chi connectivity index (χ4n) is 2.86. The van der Waals surface area contributed by atoms with Gasteiger partial charge < -0.3 is 9.47 Å². The average molecular weight is 366 g/mol. The molecule has 0 heterocycles. The number of aryl methyl sites for hydroxylation is 3. The molecule has 5 nitrogen and oxygen atoms in total. The number of nitrogens with one attached hydrogen (secondary N) is 1. The molecule has 0 saturated heterocycles. The number of hydrazone groups is 1. The summed E-state index contributed by atoms with van der Waals surface area (Å²) in [5.41, 5.74) is 7.99. The fraction of sp³-hybridized carbons (Fsp3) is 0.273. The Morgan fingerprint density at radius 3 is 2.48 bits per heavy atom. The van der Waals surface area contributed by atoms with E-state index in [-0.39, 0.29) is 12.5 Å². The molecule has 0 saturated carbocycles. The third-order valence-electron chi connectivity index (χ3n) is 4.09. The molecule has 2 rings (SSSR count). The van der Waals surface area contributed by atoms with Crippen molar-refractivity contribution in [1.29, 1.82) is 0 Å². The van der Waals surface area contributed by atoms with E-state index in [1.54, 1.807) is 19.4 Å². The van der Waals surface area contributed by atoms with Crippen LogP contribution in [0.15, 0.2) is 48.1 Å². The minimum atomic E-state index is -0.342. The van der Waals surface area contributed by atoms with Gasteiger partial charge in [-0.25, -0.2) is 5.43 Å². The van der Waals surface area contributed by atoms with Crippen LogP contribution < -0.4 is 14.9 Å². The van der Waals surface area contributed by atoms with Crippen LogP contribution in [-0.4, -0.2) is 25.8 Å². The monoisotopic (exact) mass is 366 g/mol. The summed E-state index contributed by atoms with van der Waals surface area (Å²) in [6.45, 7) is 9.67. The first kappa shape index (κ1) is 20.2. The molecule has 27 heavy (non-hydrogen) atoms. The molecule has 0 aromatic heterocycles. The number of rotatable bonds is 8. The molecule has 0 spiro atoms. The normalized spacial score (nSPS) is 10.7. The molecular weight excluding hydrogens is 340 g/mol. The summed E-state index contributed by atoms with van der Waals surface area (Å²) in [6.07, 6.45) is 4.22. The lowest BCUT2D eigenvalue weighted by molar-refractivity contribution is -0.123. The van der Waals surface area contributed by atoms with Gasteiger partial charge in [0.05, 0.1) is 13.3 Å². The van der Waals surface area contributed by atoms with Gasteiger partial charge in [-0.15, -0.1) is 6.58 Å². The highest BCUT2D eigenvalue weighted by Gasteiger charge is 2.08. The van der Waals surface area contributed by atoms with E-state index in [0.29, 0.717) is 11.5 Å². The molecule has 1 amide bonds. The van der Waals surface area contributed by atoms with E-state index < -0.39 is 0 Å². The Labute approximate surface area is 160 Å². The molecule has 0 unspecified atom stereocenters. The lowest BCUT2D eigenvalue weighted by Gasteiger charge is -2.11. The molecule has 0 aliphatic carbocycles. The fourth-order valence-corrected chi connectivity index (χ4v) is 2.86. The van der Waals surface area contributed by atoms with Crippen molar-refractivity contribution in [3.05, 3.63) is 70.8 Å². The minimum absolute atomic E-state index is 0.152. The number of hydrogen-bond acceptors (Lipinski definition) is 4. The number of nitrogens with zero attached hydrogens (tertiary/aromatic N) is 1. The van der Waals surface area contributed by atoms with Crippen LogP contribution >= 0.6 is 0 Å². The smallest absolute Gasteiger partial charge is 0.277 e. The number of allylic oxidation sites excluding steroid dienone is 1. The number of ether oxygens (including phenoxy) is 2. The Morgan fingerprint density at radius 1 is 1.15 bits per heavy atom. The van der Waals surface area contributed by atoms with Gasteiger partial charge in [0.1, 0.15) is 0 Å². The van der Waals surface area contributed by atoms with E-state index in [0.717, 1.165) is 28.7 Å². The zero-order valence-electron chi connectivity index (χ0n) is 16.3. The summed E-state index contributed by atoms with van der Waals surface area (Å²) in [4.78, 5) is 12.0. The summed E-state index contributed by atoms with van der Waals surface area (Å²) >= 11 is 0. The van der Waals surface area contributed by atoms with Gasteiger partial charge in [-0.1, -0.05) is 29.8 Å². The third kappa shape index (κ3) is 5.71. The maximum atomic E-state index is 12.0. The highest BCUT2D eigenvalue weighted by atomic mass is 16.5. The van der Waals surface area contributed by atoms with Crippen molar-refractivity contribution in [3.8, 4) is 11.5 Å². The summed E-state index contributed by atoms with van der Waals surface area (Å²) in [6, 6.07) is 9.74. The molecule has 0 aliphatic rings. The number of carbonyl (C=O) groups is 1. The number of amides is 1. The Kier molecular flexibility index (Phi) is 7.17. The Bertz CT molecular complexity index is 834. The van der Waals surface area contributed by atoms with Crippen LogP contribution in [0.1, 0.15) is 27.8 Å². The van der Waals surface area contributed by atoms with E-state index in [4.69, 9.17) is 9.47 Å². The zero-order chi connectivity index (χ0) is 19.8. The van der Waals surface area contributed by atoms with Crippen LogP contribution in [0.25, 0.3) is 0 Å². The number of methoxy groups -OCH3 is 1. The molecule has 0 atom stereocenters. The van der Waals surface area contributed by atoms with Crippen molar-refractivity contribution >= 4 is 12.1 Å². The van der Waals surface area contributed by atoms with Crippen LogP contribution in [-0.2, 0) is 11.2 Å². The molecule has 0 bridgehead atoms. The van der Waals surface area contributed by atoms with Gasteiger partial charge in [0, 0.05) is 5.56 Å². The van der Waals surface area contributed by atoms with Crippen LogP contribution in [0.3, 0.4) is 0 Å². The predicted molar refractivity (Wildman–Crippen MR) is 109 cm³/mol. The van der Waals surface area contributed by atoms with Crippen molar-refractivity contribution in [1.82, 2.24) is 5.43 Å². The lowest BCUT2D eigenvalue weighted by atomic mass is 10.0. The second-order valence-electron chi connectivity index (χ2n) is 6.37. The Morgan fingerprint density at radius 2 is 1.85 bits per heavy atom. The maximum Gasteiger partial charge on any atom is 0.277 e. The first-order valence-electron chi connectivity index (χ1n) is 8.75. The van der Waals surface area contributed by atoms with Gasteiger partial charge in [-0.05, 0) is 56.0 Å². The number of benzene rings is 2. The van der Waals surface area contributed by atoms with Crippen molar-refractivity contribution in [2.45, 2.75) is 27.2 Å². The van der Waals surface area contributed by atoms with E-state index in [2.05, 4.69) is 36.2 Å². The zero-order valence-corrected chi connectivity index (χ0v) is 16.3. The SMILES string of the molecule is C=CCc1ccc(OCC(=O)N/N=C/c2c(C)cc(C)cc2C)c(OC)c1. The van der Waals surface area contributed by atoms with Crippen LogP contribution in [0, 0.1) is 20.8 Å². The largest absolute Gasteiger partial charge is 0.493 e. The summed E-state index contributed by atoms with van der Waals surface area (Å²) < 4.78 is 10.9. The van der Waals surface area contributed by atoms with E-state index in [1.807, 2.05) is 32.1 Å². The quantitative estimate of drug-likeness (QED) is 0.438. The van der Waals surface area contributed by atoms with Crippen molar-refractivity contribution in [2.75, 3.05) is 13.7 Å². The molecule has 2 aromatic carbocycles. The molecule has 2 aromatic rings. The van der Waals surface area contributed by atoms with Crippen molar-refractivity contribution < 1.29 is 14.3 Å². The standard InChI is InChI=1S/C22H26N2O3/c1-6-7-18-8-9-20(21(12-18)26-5)27-14-22(25)24-23-13-19-16(3)10-15(2)11-17(19)4/h6,8-13H,1,7,14H2,2-5H3,(H,24,25)/b23-13+. The second kappa shape index (κ2) is 9.57. The minimum Gasteiger partial charge on any atom is -0.493 e. The number of carbonyl (C=O) groups excluding carboxylic acids is 1. The molecular formula is C22H26N2O3. The molecule has 5 heteroatoms. The molecule has 0 radical (unpaired) electrons. The van der Waals surface area contributed by atoms with Gasteiger partial charge >= 0.3 is 0 Å². The summed E-state index contributed by atoms with van der Waals surface area (Å²) in [7, 11) is 1.57. The first-order chi connectivity index (χ1) is 12.9. The lowest BCUT2D eigenvalue weighted by Crippen LogP contribution is -2.24. The van der Waals surface area contributed by atoms with Crippen LogP contribution in [0.4, 0.5) is 0 Å². The van der Waals surface area contributed by atoms with Crippen LogP contribution in [0.2, 0.25) is 0 Å². The van der Waals surface area contributed by atoms with Crippen molar-refractivity contribution in [2.24, 2.45) is 5.10 Å². The van der Waals surface area contributed by atoms with Gasteiger partial charge in [-0.2, -0.15) is 5.10 Å².